The average molecular weight is 683 g/mol. The van der Waals surface area contributed by atoms with Crippen molar-refractivity contribution >= 4 is 11.9 Å². The van der Waals surface area contributed by atoms with Crippen LogP contribution in [0.4, 0.5) is 0 Å². The number of rotatable bonds is 13. The van der Waals surface area contributed by atoms with E-state index < -0.39 is 73.4 Å². The van der Waals surface area contributed by atoms with Crippen molar-refractivity contribution in [2.45, 2.75) is 88.1 Å². The predicted molar refractivity (Wildman–Crippen MR) is 162 cm³/mol. The van der Waals surface area contributed by atoms with E-state index in [0.717, 1.165) is 11.1 Å². The van der Waals surface area contributed by atoms with Crippen LogP contribution in [0.2, 0.25) is 0 Å². The SMILES string of the molecule is COc1cc(C[C@H](C)[C@H](C)Cc2ccc(OC)c(O[C@@H]3O[C@H](C(=O)O)[C@@H](O)[C@H](O)[C@H]3O)c2)ccc1O[C@@H]1O[C@H](C(=O)O)[C@@H](O)[C@H](O)[C@H]1O. The molecule has 2 fully saturated rings. The number of methoxy groups -OCH3 is 2. The summed E-state index contributed by atoms with van der Waals surface area (Å²) in [6, 6.07) is 10.2. The molecule has 0 radical (unpaired) electrons. The maximum absolute atomic E-state index is 11.5. The standard InChI is InChI=1S/C32H42O16/c1-13(9-15-6-8-18(19(11-15)44-4)45-31-25(37)21(33)23(35)27(47-31)29(39)40)14(2)10-16-5-7-17(43-3)20(12-16)46-32-26(38)22(34)24(36)28(48-32)30(41)42/h5-8,11-14,21-28,31-38H,9-10H2,1-4H3,(H,39,40)(H,41,42)/t13-,14+,21-,22-,23-,24-,25+,26+,27-,28-,31+,32+/m0/s1. The summed E-state index contributed by atoms with van der Waals surface area (Å²) in [7, 11) is 2.80. The van der Waals surface area contributed by atoms with Crippen molar-refractivity contribution in [1.29, 1.82) is 0 Å². The number of hydrogen-bond donors (Lipinski definition) is 8. The highest BCUT2D eigenvalue weighted by Crippen LogP contribution is 2.35. The minimum absolute atomic E-state index is 0.102. The topological polar surface area (TPSA) is 251 Å². The zero-order valence-corrected chi connectivity index (χ0v) is 26.7. The Labute approximate surface area is 275 Å². The van der Waals surface area contributed by atoms with Crippen LogP contribution in [-0.2, 0) is 31.9 Å². The largest absolute Gasteiger partial charge is 0.493 e. The molecule has 4 rings (SSSR count). The monoisotopic (exact) mass is 682 g/mol. The van der Waals surface area contributed by atoms with Crippen LogP contribution in [0.3, 0.4) is 0 Å². The van der Waals surface area contributed by atoms with Gasteiger partial charge in [0.25, 0.3) is 0 Å². The summed E-state index contributed by atoms with van der Waals surface area (Å²) in [6.07, 6.45) is -16.5. The molecule has 266 valence electrons. The van der Waals surface area contributed by atoms with Crippen LogP contribution in [0.25, 0.3) is 0 Å². The minimum atomic E-state index is -1.86. The highest BCUT2D eigenvalue weighted by Gasteiger charge is 2.49. The number of benzene rings is 2. The second-order valence-electron chi connectivity index (χ2n) is 12.0. The Balaban J connectivity index is 1.42. The summed E-state index contributed by atoms with van der Waals surface area (Å²) in [6.45, 7) is 4.10. The Morgan fingerprint density at radius 2 is 1.00 bits per heavy atom. The molecule has 2 saturated heterocycles. The van der Waals surface area contributed by atoms with Crippen LogP contribution in [-0.4, -0.2) is 128 Å². The molecule has 2 aliphatic rings. The van der Waals surface area contributed by atoms with Gasteiger partial charge >= 0.3 is 11.9 Å². The number of carboxylic acids is 2. The molecule has 2 aromatic rings. The van der Waals surface area contributed by atoms with Gasteiger partial charge in [0, 0.05) is 0 Å². The van der Waals surface area contributed by atoms with Crippen molar-refractivity contribution < 1.29 is 78.9 Å². The highest BCUT2D eigenvalue weighted by atomic mass is 16.7. The van der Waals surface area contributed by atoms with Gasteiger partial charge < -0.3 is 69.3 Å². The average Bonchev–Trinajstić information content (AvgIpc) is 3.05. The van der Waals surface area contributed by atoms with Gasteiger partial charge in [0.1, 0.15) is 36.6 Å². The molecule has 0 aromatic heterocycles. The Morgan fingerprint density at radius 1 is 0.604 bits per heavy atom. The lowest BCUT2D eigenvalue weighted by Crippen LogP contribution is -2.61. The first-order valence-corrected chi connectivity index (χ1v) is 15.2. The van der Waals surface area contributed by atoms with Crippen molar-refractivity contribution in [2.24, 2.45) is 11.8 Å². The van der Waals surface area contributed by atoms with Gasteiger partial charge in [-0.2, -0.15) is 0 Å². The first-order valence-electron chi connectivity index (χ1n) is 15.2. The molecule has 2 heterocycles. The van der Waals surface area contributed by atoms with Crippen molar-refractivity contribution in [3.05, 3.63) is 47.5 Å². The Hall–Kier alpha value is -3.74. The molecule has 2 aliphatic heterocycles. The number of aliphatic carboxylic acids is 2. The van der Waals surface area contributed by atoms with E-state index in [0.29, 0.717) is 12.8 Å². The van der Waals surface area contributed by atoms with E-state index in [2.05, 4.69) is 6.92 Å². The minimum Gasteiger partial charge on any atom is -0.493 e. The maximum atomic E-state index is 11.5. The van der Waals surface area contributed by atoms with E-state index >= 15 is 0 Å². The summed E-state index contributed by atoms with van der Waals surface area (Å²) in [5, 5.41) is 79.5. The van der Waals surface area contributed by atoms with Gasteiger partial charge in [-0.25, -0.2) is 9.59 Å². The molecule has 0 unspecified atom stereocenters. The lowest BCUT2D eigenvalue weighted by Gasteiger charge is -2.38. The third-order valence-electron chi connectivity index (χ3n) is 8.66. The number of hydrogen-bond acceptors (Lipinski definition) is 14. The molecule has 0 bridgehead atoms. The summed E-state index contributed by atoms with van der Waals surface area (Å²) in [5.74, 6) is -2.06. The zero-order chi connectivity index (χ0) is 35.4. The highest BCUT2D eigenvalue weighted by molar-refractivity contribution is 5.74. The number of carbonyl (C=O) groups is 2. The second kappa shape index (κ2) is 15.7. The van der Waals surface area contributed by atoms with Gasteiger partial charge in [-0.05, 0) is 60.1 Å². The molecule has 2 aromatic carbocycles. The van der Waals surface area contributed by atoms with Crippen LogP contribution in [0, 0.1) is 11.8 Å². The Bertz CT molecular complexity index is 1420. The normalized spacial score (nSPS) is 31.7. The number of ether oxygens (including phenoxy) is 6. The predicted octanol–water partition coefficient (Wildman–Crippen LogP) is -0.697. The summed E-state index contributed by atoms with van der Waals surface area (Å²) in [5.41, 5.74) is 1.70. The van der Waals surface area contributed by atoms with Crippen molar-refractivity contribution in [2.75, 3.05) is 14.2 Å². The summed E-state index contributed by atoms with van der Waals surface area (Å²) < 4.78 is 32.7. The molecular formula is C32H42O16. The number of aliphatic hydroxyl groups excluding tert-OH is 6. The smallest absolute Gasteiger partial charge is 0.335 e. The van der Waals surface area contributed by atoms with Crippen LogP contribution in [0.5, 0.6) is 23.0 Å². The fourth-order valence-electron chi connectivity index (χ4n) is 5.57. The lowest BCUT2D eigenvalue weighted by molar-refractivity contribution is -0.271. The second-order valence-corrected chi connectivity index (χ2v) is 12.0. The molecule has 48 heavy (non-hydrogen) atoms. The molecule has 0 amide bonds. The van der Waals surface area contributed by atoms with Crippen LogP contribution in [0.15, 0.2) is 36.4 Å². The van der Waals surface area contributed by atoms with Crippen molar-refractivity contribution in [3.8, 4) is 23.0 Å². The lowest BCUT2D eigenvalue weighted by atomic mass is 9.85. The van der Waals surface area contributed by atoms with Gasteiger partial charge in [0.05, 0.1) is 14.2 Å². The third-order valence-corrected chi connectivity index (χ3v) is 8.66. The van der Waals surface area contributed by atoms with E-state index in [1.807, 2.05) is 13.0 Å². The van der Waals surface area contributed by atoms with E-state index in [1.54, 1.807) is 30.3 Å². The molecule has 0 saturated carbocycles. The number of carboxylic acid groups (broad SMARTS) is 2. The fourth-order valence-corrected chi connectivity index (χ4v) is 5.57. The quantitative estimate of drug-likeness (QED) is 0.130. The third kappa shape index (κ3) is 8.10. The molecule has 12 atom stereocenters. The van der Waals surface area contributed by atoms with Crippen LogP contribution in [0.1, 0.15) is 25.0 Å². The fraction of sp³-hybridized carbons (Fsp3) is 0.562. The van der Waals surface area contributed by atoms with Gasteiger partial charge in [-0.1, -0.05) is 26.0 Å². The summed E-state index contributed by atoms with van der Waals surface area (Å²) >= 11 is 0. The van der Waals surface area contributed by atoms with E-state index in [9.17, 15) is 50.4 Å². The van der Waals surface area contributed by atoms with Crippen LogP contribution >= 0.6 is 0 Å². The van der Waals surface area contributed by atoms with Gasteiger partial charge in [-0.15, -0.1) is 0 Å². The molecule has 0 spiro atoms. The Kier molecular flexibility index (Phi) is 12.1. The van der Waals surface area contributed by atoms with E-state index in [4.69, 9.17) is 28.4 Å². The maximum Gasteiger partial charge on any atom is 0.335 e. The van der Waals surface area contributed by atoms with Crippen LogP contribution < -0.4 is 18.9 Å². The first kappa shape index (κ1) is 37.1. The van der Waals surface area contributed by atoms with Crippen molar-refractivity contribution in [1.82, 2.24) is 0 Å². The molecule has 16 heteroatoms. The summed E-state index contributed by atoms with van der Waals surface area (Å²) in [4.78, 5) is 22.9. The molecule has 8 N–H and O–H groups in total. The van der Waals surface area contributed by atoms with E-state index in [-0.39, 0.29) is 34.8 Å². The molecular weight excluding hydrogens is 640 g/mol. The zero-order valence-electron chi connectivity index (χ0n) is 26.7. The first-order chi connectivity index (χ1) is 22.7. The van der Waals surface area contributed by atoms with Gasteiger partial charge in [-0.3, -0.25) is 0 Å². The van der Waals surface area contributed by atoms with Crippen molar-refractivity contribution in [3.63, 3.8) is 0 Å². The molecule has 16 nitrogen and oxygen atoms in total. The van der Waals surface area contributed by atoms with Gasteiger partial charge in [0.2, 0.25) is 12.6 Å². The van der Waals surface area contributed by atoms with Gasteiger partial charge in [0.15, 0.2) is 35.2 Å². The molecule has 0 aliphatic carbocycles. The van der Waals surface area contributed by atoms with E-state index in [1.165, 1.54) is 14.2 Å². The Morgan fingerprint density at radius 3 is 1.42 bits per heavy atom. The number of aliphatic hydroxyl groups is 6.